The maximum atomic E-state index is 4.39. The molecule has 0 aliphatic rings. The Balaban J connectivity index is 2.48. The molecular weight excluding hydrogens is 162 g/mol. The number of aryl methyl sites for hydroxylation is 1. The highest BCUT2D eigenvalue weighted by Crippen LogP contribution is 2.07. The molecule has 2 aromatic heterocycles. The molecule has 0 saturated carbocycles. The van der Waals surface area contributed by atoms with E-state index in [4.69, 9.17) is 0 Å². The summed E-state index contributed by atoms with van der Waals surface area (Å²) in [5.74, 6) is 0. The molecule has 3 nitrogen and oxygen atoms in total. The van der Waals surface area contributed by atoms with Gasteiger partial charge in [0, 0.05) is 18.9 Å². The van der Waals surface area contributed by atoms with Crippen LogP contribution in [0, 0.1) is 6.92 Å². The van der Waals surface area contributed by atoms with Gasteiger partial charge < -0.3 is 9.72 Å². The van der Waals surface area contributed by atoms with Gasteiger partial charge in [-0.3, -0.25) is 0 Å². The molecule has 0 bridgehead atoms. The Morgan fingerprint density at radius 1 is 1.54 bits per heavy atom. The van der Waals surface area contributed by atoms with E-state index in [-0.39, 0.29) is 0 Å². The summed E-state index contributed by atoms with van der Waals surface area (Å²) in [5, 5.41) is 3.12. The highest BCUT2D eigenvalue weighted by atomic mass is 15.0. The van der Waals surface area contributed by atoms with Crippen LogP contribution in [0.1, 0.15) is 11.3 Å². The number of imidazole rings is 1. The van der Waals surface area contributed by atoms with Crippen LogP contribution in [0.4, 0.5) is 0 Å². The summed E-state index contributed by atoms with van der Waals surface area (Å²) in [5.41, 5.74) is 3.34. The van der Waals surface area contributed by atoms with E-state index in [0.29, 0.717) is 0 Å². The summed E-state index contributed by atoms with van der Waals surface area (Å²) in [6.45, 7) is 2.90. The molecule has 0 saturated heterocycles. The Morgan fingerprint density at radius 3 is 3.15 bits per heavy atom. The quantitative estimate of drug-likeness (QED) is 0.746. The summed E-state index contributed by atoms with van der Waals surface area (Å²) >= 11 is 0. The van der Waals surface area contributed by atoms with E-state index < -0.39 is 0 Å². The van der Waals surface area contributed by atoms with Crippen molar-refractivity contribution in [3.05, 3.63) is 35.8 Å². The Morgan fingerprint density at radius 2 is 2.38 bits per heavy atom. The second kappa shape index (κ2) is 3.18. The van der Waals surface area contributed by atoms with E-state index in [1.165, 1.54) is 5.56 Å². The lowest BCUT2D eigenvalue weighted by molar-refractivity contribution is 0.816. The molecule has 2 rings (SSSR count). The smallest absolute Gasteiger partial charge is 0.137 e. The van der Waals surface area contributed by atoms with Gasteiger partial charge in [0.2, 0.25) is 0 Å². The average Bonchev–Trinajstić information content (AvgIpc) is 2.44. The SMILES string of the molecule is CNCc1ccn2cc(C)nc2c1. The second-order valence-electron chi connectivity index (χ2n) is 3.21. The molecule has 0 aliphatic heterocycles. The first-order valence-electron chi connectivity index (χ1n) is 4.38. The molecule has 2 aromatic rings. The topological polar surface area (TPSA) is 29.3 Å². The summed E-state index contributed by atoms with van der Waals surface area (Å²) < 4.78 is 2.04. The van der Waals surface area contributed by atoms with E-state index in [2.05, 4.69) is 22.4 Å². The maximum absolute atomic E-state index is 4.39. The van der Waals surface area contributed by atoms with Crippen LogP contribution in [0.5, 0.6) is 0 Å². The first-order valence-corrected chi connectivity index (χ1v) is 4.38. The lowest BCUT2D eigenvalue weighted by Crippen LogP contribution is -2.05. The minimum atomic E-state index is 0.891. The van der Waals surface area contributed by atoms with E-state index >= 15 is 0 Å². The number of rotatable bonds is 2. The Bertz CT molecular complexity index is 417. The van der Waals surface area contributed by atoms with Crippen LogP contribution in [-0.2, 0) is 6.54 Å². The molecule has 3 heteroatoms. The third-order valence-electron chi connectivity index (χ3n) is 2.03. The predicted molar refractivity (Wildman–Crippen MR) is 52.7 cm³/mol. The monoisotopic (exact) mass is 175 g/mol. The molecule has 0 aliphatic carbocycles. The van der Waals surface area contributed by atoms with Gasteiger partial charge >= 0.3 is 0 Å². The van der Waals surface area contributed by atoms with E-state index in [1.54, 1.807) is 0 Å². The van der Waals surface area contributed by atoms with Crippen molar-refractivity contribution >= 4 is 5.65 Å². The molecule has 68 valence electrons. The zero-order valence-corrected chi connectivity index (χ0v) is 7.91. The number of aromatic nitrogens is 2. The fourth-order valence-corrected chi connectivity index (χ4v) is 1.46. The lowest BCUT2D eigenvalue weighted by Gasteiger charge is -1.99. The molecular formula is C10H13N3. The van der Waals surface area contributed by atoms with Gasteiger partial charge in [-0.1, -0.05) is 0 Å². The molecule has 0 fully saturated rings. The van der Waals surface area contributed by atoms with Crippen LogP contribution >= 0.6 is 0 Å². The van der Waals surface area contributed by atoms with E-state index in [0.717, 1.165) is 17.9 Å². The summed E-state index contributed by atoms with van der Waals surface area (Å²) in [6, 6.07) is 4.20. The first kappa shape index (κ1) is 8.26. The molecule has 0 aromatic carbocycles. The van der Waals surface area contributed by atoms with Gasteiger partial charge in [0.25, 0.3) is 0 Å². The number of pyridine rings is 1. The summed E-state index contributed by atoms with van der Waals surface area (Å²) in [7, 11) is 1.95. The van der Waals surface area contributed by atoms with Crippen LogP contribution in [0.25, 0.3) is 5.65 Å². The van der Waals surface area contributed by atoms with Gasteiger partial charge in [-0.15, -0.1) is 0 Å². The largest absolute Gasteiger partial charge is 0.316 e. The van der Waals surface area contributed by atoms with Gasteiger partial charge in [-0.05, 0) is 31.7 Å². The van der Waals surface area contributed by atoms with Crippen molar-refractivity contribution in [2.75, 3.05) is 7.05 Å². The van der Waals surface area contributed by atoms with Crippen molar-refractivity contribution in [3.63, 3.8) is 0 Å². The Labute approximate surface area is 77.4 Å². The van der Waals surface area contributed by atoms with Crippen LogP contribution in [-0.4, -0.2) is 16.4 Å². The Kier molecular flexibility index (Phi) is 2.02. The van der Waals surface area contributed by atoms with Crippen LogP contribution in [0.15, 0.2) is 24.5 Å². The van der Waals surface area contributed by atoms with Crippen LogP contribution in [0.2, 0.25) is 0 Å². The number of fused-ring (bicyclic) bond motifs is 1. The standard InChI is InChI=1S/C10H13N3/c1-8-7-13-4-3-9(6-11-2)5-10(13)12-8/h3-5,7,11H,6H2,1-2H3. The fraction of sp³-hybridized carbons (Fsp3) is 0.300. The third-order valence-corrected chi connectivity index (χ3v) is 2.03. The molecule has 0 amide bonds. The van der Waals surface area contributed by atoms with Crippen molar-refractivity contribution in [2.45, 2.75) is 13.5 Å². The zero-order valence-electron chi connectivity index (χ0n) is 7.91. The highest BCUT2D eigenvalue weighted by Gasteiger charge is 1.97. The molecule has 1 N–H and O–H groups in total. The number of nitrogens with one attached hydrogen (secondary N) is 1. The van der Waals surface area contributed by atoms with Gasteiger partial charge in [0.05, 0.1) is 5.69 Å². The van der Waals surface area contributed by atoms with Crippen molar-refractivity contribution in [1.29, 1.82) is 0 Å². The van der Waals surface area contributed by atoms with E-state index in [9.17, 15) is 0 Å². The number of hydrogen-bond acceptors (Lipinski definition) is 2. The fourth-order valence-electron chi connectivity index (χ4n) is 1.46. The van der Waals surface area contributed by atoms with Crippen molar-refractivity contribution < 1.29 is 0 Å². The number of hydrogen-bond donors (Lipinski definition) is 1. The minimum Gasteiger partial charge on any atom is -0.316 e. The van der Waals surface area contributed by atoms with Gasteiger partial charge in [0.1, 0.15) is 5.65 Å². The normalized spacial score (nSPS) is 10.9. The lowest BCUT2D eigenvalue weighted by atomic mass is 10.2. The Hall–Kier alpha value is -1.35. The third kappa shape index (κ3) is 1.55. The molecule has 0 radical (unpaired) electrons. The van der Waals surface area contributed by atoms with Crippen molar-refractivity contribution in [2.24, 2.45) is 0 Å². The second-order valence-corrected chi connectivity index (χ2v) is 3.21. The molecule has 0 unspecified atom stereocenters. The average molecular weight is 175 g/mol. The van der Waals surface area contributed by atoms with Crippen molar-refractivity contribution in [3.8, 4) is 0 Å². The van der Waals surface area contributed by atoms with Crippen LogP contribution in [0.3, 0.4) is 0 Å². The first-order chi connectivity index (χ1) is 6.29. The van der Waals surface area contributed by atoms with E-state index in [1.807, 2.05) is 30.8 Å². The summed E-state index contributed by atoms with van der Waals surface area (Å²) in [6.07, 6.45) is 4.07. The molecule has 13 heavy (non-hydrogen) atoms. The highest BCUT2D eigenvalue weighted by molar-refractivity contribution is 5.42. The van der Waals surface area contributed by atoms with Crippen LogP contribution < -0.4 is 5.32 Å². The minimum absolute atomic E-state index is 0.891. The van der Waals surface area contributed by atoms with Crippen molar-refractivity contribution in [1.82, 2.24) is 14.7 Å². The van der Waals surface area contributed by atoms with Gasteiger partial charge in [0.15, 0.2) is 0 Å². The maximum Gasteiger partial charge on any atom is 0.137 e. The predicted octanol–water partition coefficient (Wildman–Crippen LogP) is 1.36. The molecule has 0 atom stereocenters. The molecule has 0 spiro atoms. The van der Waals surface area contributed by atoms with Gasteiger partial charge in [-0.2, -0.15) is 0 Å². The zero-order chi connectivity index (χ0) is 9.26. The number of nitrogens with zero attached hydrogens (tertiary/aromatic N) is 2. The summed E-state index contributed by atoms with van der Waals surface area (Å²) in [4.78, 5) is 4.39. The van der Waals surface area contributed by atoms with Gasteiger partial charge in [-0.25, -0.2) is 4.98 Å². The molecule has 2 heterocycles.